The monoisotopic (exact) mass is 986 g/mol. The first-order valence-electron chi connectivity index (χ1n) is 27.8. The van der Waals surface area contributed by atoms with Crippen LogP contribution >= 0.6 is 0 Å². The van der Waals surface area contributed by atoms with E-state index in [1.54, 1.807) is 0 Å². The molecule has 8 aromatic rings. The molecule has 4 aliphatic rings. The lowest BCUT2D eigenvalue weighted by Gasteiger charge is -2.47. The number of rotatable bonds is 6. The van der Waals surface area contributed by atoms with Crippen LogP contribution in [0, 0.1) is 0 Å². The van der Waals surface area contributed by atoms with Gasteiger partial charge in [0.15, 0.2) is 0 Å². The first-order chi connectivity index (χ1) is 35.4. The molecule has 4 nitrogen and oxygen atoms in total. The summed E-state index contributed by atoms with van der Waals surface area (Å²) in [6.45, 7) is 33.4. The van der Waals surface area contributed by atoms with Gasteiger partial charge in [-0.25, -0.2) is 0 Å². The smallest absolute Gasteiger partial charge is 0.297 e. The zero-order valence-electron chi connectivity index (χ0n) is 47.2. The van der Waals surface area contributed by atoms with E-state index in [0.717, 1.165) is 65.5 Å². The fourth-order valence-electron chi connectivity index (χ4n) is 13.2. The van der Waals surface area contributed by atoms with E-state index in [2.05, 4.69) is 269 Å². The van der Waals surface area contributed by atoms with Crippen LogP contribution in [-0.2, 0) is 32.5 Å². The maximum absolute atomic E-state index is 7.94. The second kappa shape index (κ2) is 16.9. The third-order valence-corrected chi connectivity index (χ3v) is 18.0. The van der Waals surface area contributed by atoms with Gasteiger partial charge in [-0.1, -0.05) is 188 Å². The van der Waals surface area contributed by atoms with Crippen molar-refractivity contribution in [1.82, 2.24) is 0 Å². The Hall–Kier alpha value is -6.72. The van der Waals surface area contributed by atoms with Crippen molar-refractivity contribution in [3.05, 3.63) is 191 Å². The molecule has 0 unspecified atom stereocenters. The Bertz CT molecular complexity index is 3470. The largest absolute Gasteiger partial charge is 0.472 e. The molecule has 0 atom stereocenters. The summed E-state index contributed by atoms with van der Waals surface area (Å²) >= 11 is 0. The second-order valence-corrected chi connectivity index (χ2v) is 27.2. The molecule has 0 spiro atoms. The number of hydrogen-bond donors (Lipinski definition) is 0. The van der Waals surface area contributed by atoms with E-state index in [1.165, 1.54) is 72.6 Å². The molecule has 0 amide bonds. The predicted molar refractivity (Wildman–Crippen MR) is 321 cm³/mol. The summed E-state index contributed by atoms with van der Waals surface area (Å²) in [5.41, 5.74) is 22.9. The molecule has 0 N–H and O–H groups in total. The Morgan fingerprint density at radius 3 is 1.55 bits per heavy atom. The fraction of sp³-hybridized carbons (Fsp3) is 0.343. The van der Waals surface area contributed by atoms with Gasteiger partial charge in [0, 0.05) is 50.7 Å². The lowest BCUT2D eigenvalue weighted by atomic mass is 9.35. The highest BCUT2D eigenvalue weighted by Gasteiger charge is 2.54. The lowest BCUT2D eigenvalue weighted by Crippen LogP contribution is -2.61. The molecule has 0 saturated heterocycles. The third kappa shape index (κ3) is 7.92. The summed E-state index contributed by atoms with van der Waals surface area (Å²) in [5, 5.41) is 0. The van der Waals surface area contributed by atoms with E-state index >= 15 is 0 Å². The van der Waals surface area contributed by atoms with Crippen LogP contribution in [0.5, 0.6) is 0 Å². The van der Waals surface area contributed by atoms with Crippen LogP contribution in [0.4, 0.5) is 51.2 Å². The molecule has 75 heavy (non-hydrogen) atoms. The standard InChI is InChI=1S/C70H76BN3O/c1-65(2,3)46-30-33-50(34-31-46)73-57-44-54-53(67(7,8)36-37-68(54,9)10)43-55(57)71-61-58(73)41-51(72(48-26-20-16-21-27-48)49-28-22-17-23-29-49)42-59(61)74(62-60-63(75-64(62)71)70(13,14)39-38-69(60,11)12)56-35-32-47(66(4,5)6)40-52(56)45-24-18-15-19-25-45/h15-35,40-44H,36-39H2,1-14H3. The van der Waals surface area contributed by atoms with Crippen molar-refractivity contribution in [2.75, 3.05) is 14.7 Å². The summed E-state index contributed by atoms with van der Waals surface area (Å²) < 4.78 is 7.94. The molecule has 1 aromatic heterocycles. The fourth-order valence-corrected chi connectivity index (χ4v) is 13.2. The quantitative estimate of drug-likeness (QED) is 0.155. The third-order valence-electron chi connectivity index (χ3n) is 18.0. The zero-order valence-corrected chi connectivity index (χ0v) is 47.2. The van der Waals surface area contributed by atoms with E-state index in [0.29, 0.717) is 0 Å². The first kappa shape index (κ1) is 49.2. The van der Waals surface area contributed by atoms with Crippen molar-refractivity contribution in [2.45, 2.75) is 155 Å². The molecule has 2 aliphatic heterocycles. The molecule has 7 aromatic carbocycles. The van der Waals surface area contributed by atoms with Gasteiger partial charge in [0.1, 0.15) is 5.76 Å². The molecule has 0 bridgehead atoms. The van der Waals surface area contributed by atoms with Crippen molar-refractivity contribution in [3.63, 3.8) is 0 Å². The van der Waals surface area contributed by atoms with Crippen molar-refractivity contribution in [3.8, 4) is 11.1 Å². The second-order valence-electron chi connectivity index (χ2n) is 27.2. The van der Waals surface area contributed by atoms with Crippen LogP contribution in [0.25, 0.3) is 11.1 Å². The minimum Gasteiger partial charge on any atom is -0.472 e. The van der Waals surface area contributed by atoms with Crippen molar-refractivity contribution >= 4 is 74.5 Å². The number of para-hydroxylation sites is 2. The maximum atomic E-state index is 7.94. The van der Waals surface area contributed by atoms with E-state index in [1.807, 2.05) is 0 Å². The molecule has 0 radical (unpaired) electrons. The van der Waals surface area contributed by atoms with Gasteiger partial charge < -0.3 is 19.1 Å². The van der Waals surface area contributed by atoms with E-state index < -0.39 is 0 Å². The summed E-state index contributed by atoms with van der Waals surface area (Å²) in [5.74, 6) is 1.13. The van der Waals surface area contributed by atoms with Gasteiger partial charge in [-0.2, -0.15) is 0 Å². The number of fused-ring (bicyclic) bond motifs is 7. The average Bonchev–Trinajstić information content (AvgIpc) is 3.80. The normalized spacial score (nSPS) is 17.6. The van der Waals surface area contributed by atoms with Crippen LogP contribution < -0.4 is 31.3 Å². The SMILES string of the molecule is CC(C)(C)c1ccc(N2c3cc4c(cc3B3c5oc6c(c5N(c5ccc(C(C)(C)C)cc5-c5ccccc5)c5cc(N(c7ccccc7)c7ccccc7)cc2c53)C(C)(C)CCC6(C)C)C(C)(C)CCC4(C)C)cc1. The summed E-state index contributed by atoms with van der Waals surface area (Å²) in [7, 11) is 0. The van der Waals surface area contributed by atoms with Crippen LogP contribution in [0.1, 0.15) is 156 Å². The molecule has 380 valence electrons. The molecular formula is C70H76BN3O. The Balaban J connectivity index is 1.28. The first-order valence-corrected chi connectivity index (χ1v) is 27.8. The number of nitrogens with zero attached hydrogens (tertiary/aromatic N) is 3. The molecule has 2 aliphatic carbocycles. The van der Waals surface area contributed by atoms with Gasteiger partial charge in [-0.15, -0.1) is 0 Å². The van der Waals surface area contributed by atoms with E-state index in [9.17, 15) is 0 Å². The van der Waals surface area contributed by atoms with E-state index in [4.69, 9.17) is 4.42 Å². The van der Waals surface area contributed by atoms with Gasteiger partial charge in [-0.3, -0.25) is 0 Å². The zero-order chi connectivity index (χ0) is 52.8. The summed E-state index contributed by atoms with van der Waals surface area (Å²) in [6, 6.07) is 60.1. The molecular weight excluding hydrogens is 910 g/mol. The molecule has 0 saturated carbocycles. The van der Waals surface area contributed by atoms with Crippen LogP contribution in [0.3, 0.4) is 0 Å². The van der Waals surface area contributed by atoms with Crippen LogP contribution in [-0.4, -0.2) is 6.71 Å². The number of anilines is 9. The number of hydrogen-bond acceptors (Lipinski definition) is 4. The number of benzene rings is 7. The topological polar surface area (TPSA) is 22.9 Å². The molecule has 0 fully saturated rings. The maximum Gasteiger partial charge on any atom is 0.297 e. The Kier molecular flexibility index (Phi) is 11.1. The Labute approximate surface area is 448 Å². The molecule has 3 heterocycles. The highest BCUT2D eigenvalue weighted by Crippen LogP contribution is 2.58. The Morgan fingerprint density at radius 2 is 0.973 bits per heavy atom. The van der Waals surface area contributed by atoms with Gasteiger partial charge >= 0.3 is 0 Å². The van der Waals surface area contributed by atoms with Crippen molar-refractivity contribution < 1.29 is 4.42 Å². The Morgan fingerprint density at radius 1 is 0.467 bits per heavy atom. The van der Waals surface area contributed by atoms with Gasteiger partial charge in [0.25, 0.3) is 6.71 Å². The minimum atomic E-state index is -0.185. The molecule has 5 heteroatoms. The summed E-state index contributed by atoms with van der Waals surface area (Å²) in [6.07, 6.45) is 4.38. The van der Waals surface area contributed by atoms with Gasteiger partial charge in [-0.05, 0) is 158 Å². The van der Waals surface area contributed by atoms with Crippen molar-refractivity contribution in [1.29, 1.82) is 0 Å². The average molecular weight is 986 g/mol. The predicted octanol–water partition coefficient (Wildman–Crippen LogP) is 17.8. The van der Waals surface area contributed by atoms with Crippen LogP contribution in [0.15, 0.2) is 162 Å². The van der Waals surface area contributed by atoms with Gasteiger partial charge in [0.05, 0.1) is 22.7 Å². The van der Waals surface area contributed by atoms with Crippen molar-refractivity contribution in [2.24, 2.45) is 0 Å². The minimum absolute atomic E-state index is 0.00108. The van der Waals surface area contributed by atoms with E-state index in [-0.39, 0.29) is 39.2 Å². The van der Waals surface area contributed by atoms with Crippen LogP contribution in [0.2, 0.25) is 0 Å². The highest BCUT2D eigenvalue weighted by atomic mass is 16.3. The summed E-state index contributed by atoms with van der Waals surface area (Å²) in [4.78, 5) is 7.78. The highest BCUT2D eigenvalue weighted by molar-refractivity contribution is 6.99. The van der Waals surface area contributed by atoms with Gasteiger partial charge in [0.2, 0.25) is 0 Å². The number of furan rings is 1. The lowest BCUT2D eigenvalue weighted by molar-refractivity contribution is 0.282. The molecule has 12 rings (SSSR count).